The number of nitrogens with zero attached hydrogens (tertiary/aromatic N) is 1. The molecule has 4 nitrogen and oxygen atoms in total. The molecule has 3 rings (SSSR count). The summed E-state index contributed by atoms with van der Waals surface area (Å²) in [5.41, 5.74) is 1.69. The molecule has 0 saturated heterocycles. The zero-order valence-electron chi connectivity index (χ0n) is 11.4. The third kappa shape index (κ3) is 3.14. The van der Waals surface area contributed by atoms with Gasteiger partial charge in [-0.3, -0.25) is 9.78 Å². The number of pyridine rings is 1. The first-order valence-electron chi connectivity index (χ1n) is 7.19. The second kappa shape index (κ2) is 6.01. The Hall–Kier alpha value is -1.94. The molecule has 1 heterocycles. The van der Waals surface area contributed by atoms with Crippen LogP contribution in [0.4, 0.5) is 5.69 Å². The van der Waals surface area contributed by atoms with E-state index in [4.69, 9.17) is 0 Å². The fourth-order valence-corrected chi connectivity index (χ4v) is 2.71. The van der Waals surface area contributed by atoms with E-state index in [9.17, 15) is 4.79 Å². The zero-order valence-corrected chi connectivity index (χ0v) is 11.4. The van der Waals surface area contributed by atoms with E-state index in [1.807, 2.05) is 30.3 Å². The molecule has 1 aliphatic carbocycles. The van der Waals surface area contributed by atoms with Gasteiger partial charge in [0.1, 0.15) is 0 Å². The molecule has 1 aliphatic rings. The summed E-state index contributed by atoms with van der Waals surface area (Å²) < 4.78 is 0. The molecule has 2 N–H and O–H groups in total. The smallest absolute Gasteiger partial charge is 0.238 e. The quantitative estimate of drug-likeness (QED) is 0.897. The normalized spacial score (nSPS) is 15.6. The molecule has 0 aliphatic heterocycles. The number of rotatable bonds is 4. The lowest BCUT2D eigenvalue weighted by atomic mass is 10.2. The summed E-state index contributed by atoms with van der Waals surface area (Å²) >= 11 is 0. The minimum atomic E-state index is -0.00557. The number of fused-ring (bicyclic) bond motifs is 1. The van der Waals surface area contributed by atoms with Gasteiger partial charge in [0.25, 0.3) is 0 Å². The summed E-state index contributed by atoms with van der Waals surface area (Å²) in [5.74, 6) is -0.00557. The number of para-hydroxylation sites is 1. The molecule has 0 unspecified atom stereocenters. The van der Waals surface area contributed by atoms with Crippen molar-refractivity contribution in [2.24, 2.45) is 0 Å². The van der Waals surface area contributed by atoms with Gasteiger partial charge in [-0.05, 0) is 25.0 Å². The van der Waals surface area contributed by atoms with Crippen LogP contribution < -0.4 is 10.6 Å². The number of anilines is 1. The van der Waals surface area contributed by atoms with Crippen molar-refractivity contribution < 1.29 is 4.79 Å². The molecule has 4 heteroatoms. The van der Waals surface area contributed by atoms with Gasteiger partial charge in [0.2, 0.25) is 5.91 Å². The summed E-state index contributed by atoms with van der Waals surface area (Å²) in [5, 5.41) is 7.24. The Balaban J connectivity index is 1.59. The fourth-order valence-electron chi connectivity index (χ4n) is 2.71. The van der Waals surface area contributed by atoms with Crippen molar-refractivity contribution in [1.29, 1.82) is 0 Å². The van der Waals surface area contributed by atoms with Crippen LogP contribution in [0.3, 0.4) is 0 Å². The van der Waals surface area contributed by atoms with Crippen LogP contribution in [0.25, 0.3) is 10.9 Å². The minimum Gasteiger partial charge on any atom is -0.324 e. The number of carbonyl (C=O) groups is 1. The maximum atomic E-state index is 11.9. The summed E-state index contributed by atoms with van der Waals surface area (Å²) in [6.45, 7) is 0.373. The zero-order chi connectivity index (χ0) is 13.8. The highest BCUT2D eigenvalue weighted by Crippen LogP contribution is 2.18. The van der Waals surface area contributed by atoms with Crippen LogP contribution in [0.5, 0.6) is 0 Å². The number of hydrogen-bond donors (Lipinski definition) is 2. The van der Waals surface area contributed by atoms with Crippen molar-refractivity contribution in [3.63, 3.8) is 0 Å². The third-order valence-electron chi connectivity index (χ3n) is 3.78. The van der Waals surface area contributed by atoms with Gasteiger partial charge in [-0.15, -0.1) is 0 Å². The van der Waals surface area contributed by atoms with Crippen LogP contribution in [0.2, 0.25) is 0 Å². The molecule has 20 heavy (non-hydrogen) atoms. The molecule has 104 valence electrons. The van der Waals surface area contributed by atoms with Crippen molar-refractivity contribution in [1.82, 2.24) is 10.3 Å². The molecular weight excluding hydrogens is 250 g/mol. The summed E-state index contributed by atoms with van der Waals surface area (Å²) in [6.07, 6.45) is 6.62. The van der Waals surface area contributed by atoms with E-state index in [1.54, 1.807) is 6.20 Å². The molecular formula is C16H19N3O. The highest BCUT2D eigenvalue weighted by molar-refractivity contribution is 5.94. The number of amides is 1. The second-order valence-corrected chi connectivity index (χ2v) is 5.33. The maximum Gasteiger partial charge on any atom is 0.238 e. The lowest BCUT2D eigenvalue weighted by molar-refractivity contribution is -0.115. The van der Waals surface area contributed by atoms with Gasteiger partial charge in [0.15, 0.2) is 0 Å². The molecule has 0 atom stereocenters. The van der Waals surface area contributed by atoms with Crippen molar-refractivity contribution in [3.05, 3.63) is 36.5 Å². The van der Waals surface area contributed by atoms with E-state index in [2.05, 4.69) is 15.6 Å². The third-order valence-corrected chi connectivity index (χ3v) is 3.78. The van der Waals surface area contributed by atoms with Crippen LogP contribution in [-0.2, 0) is 4.79 Å². The lowest BCUT2D eigenvalue weighted by Gasteiger charge is -2.11. The molecule has 0 spiro atoms. The summed E-state index contributed by atoms with van der Waals surface area (Å²) in [6, 6.07) is 10.3. The predicted molar refractivity (Wildman–Crippen MR) is 80.6 cm³/mol. The van der Waals surface area contributed by atoms with Crippen LogP contribution in [0, 0.1) is 0 Å². The Kier molecular flexibility index (Phi) is 3.92. The topological polar surface area (TPSA) is 54.0 Å². The summed E-state index contributed by atoms with van der Waals surface area (Å²) in [7, 11) is 0. The van der Waals surface area contributed by atoms with Crippen molar-refractivity contribution in [2.45, 2.75) is 31.7 Å². The SMILES string of the molecule is O=C(CNC1CCCC1)Nc1cnc2ccccc2c1. The van der Waals surface area contributed by atoms with Gasteiger partial charge in [-0.1, -0.05) is 31.0 Å². The monoisotopic (exact) mass is 269 g/mol. The van der Waals surface area contributed by atoms with Crippen LogP contribution in [-0.4, -0.2) is 23.5 Å². The summed E-state index contributed by atoms with van der Waals surface area (Å²) in [4.78, 5) is 16.2. The predicted octanol–water partition coefficient (Wildman–Crippen LogP) is 2.71. The molecule has 1 aromatic heterocycles. The van der Waals surface area contributed by atoms with E-state index in [-0.39, 0.29) is 5.91 Å². The average Bonchev–Trinajstić information content (AvgIpc) is 2.98. The fraction of sp³-hybridized carbons (Fsp3) is 0.375. The number of hydrogen-bond acceptors (Lipinski definition) is 3. The Morgan fingerprint density at radius 2 is 2.05 bits per heavy atom. The molecule has 1 fully saturated rings. The number of benzene rings is 1. The maximum absolute atomic E-state index is 11.9. The number of aromatic nitrogens is 1. The first-order chi connectivity index (χ1) is 9.81. The molecule has 0 radical (unpaired) electrons. The highest BCUT2D eigenvalue weighted by atomic mass is 16.1. The van der Waals surface area contributed by atoms with Gasteiger partial charge in [-0.2, -0.15) is 0 Å². The molecule has 1 aromatic carbocycles. The van der Waals surface area contributed by atoms with E-state index in [0.29, 0.717) is 12.6 Å². The van der Waals surface area contributed by atoms with E-state index >= 15 is 0 Å². The first-order valence-corrected chi connectivity index (χ1v) is 7.19. The Morgan fingerprint density at radius 3 is 2.90 bits per heavy atom. The van der Waals surface area contributed by atoms with Crippen LogP contribution in [0.15, 0.2) is 36.5 Å². The minimum absolute atomic E-state index is 0.00557. The molecule has 0 bridgehead atoms. The van der Waals surface area contributed by atoms with Gasteiger partial charge in [0, 0.05) is 11.4 Å². The van der Waals surface area contributed by atoms with Gasteiger partial charge >= 0.3 is 0 Å². The standard InChI is InChI=1S/C16H19N3O/c20-16(11-17-13-6-2-3-7-13)19-14-9-12-5-1-4-8-15(12)18-10-14/h1,4-5,8-10,13,17H,2-3,6-7,11H2,(H,19,20). The van der Waals surface area contributed by atoms with Crippen molar-refractivity contribution in [2.75, 3.05) is 11.9 Å². The van der Waals surface area contributed by atoms with Gasteiger partial charge in [0.05, 0.1) is 23.9 Å². The first kappa shape index (κ1) is 13.1. The lowest BCUT2D eigenvalue weighted by Crippen LogP contribution is -2.34. The highest BCUT2D eigenvalue weighted by Gasteiger charge is 2.15. The van der Waals surface area contributed by atoms with E-state index in [1.165, 1.54) is 25.7 Å². The van der Waals surface area contributed by atoms with Gasteiger partial charge in [-0.25, -0.2) is 0 Å². The van der Waals surface area contributed by atoms with E-state index in [0.717, 1.165) is 16.6 Å². The van der Waals surface area contributed by atoms with Crippen LogP contribution >= 0.6 is 0 Å². The second-order valence-electron chi connectivity index (χ2n) is 5.33. The van der Waals surface area contributed by atoms with E-state index < -0.39 is 0 Å². The Bertz CT molecular complexity index is 605. The number of carbonyl (C=O) groups excluding carboxylic acids is 1. The van der Waals surface area contributed by atoms with Crippen LogP contribution in [0.1, 0.15) is 25.7 Å². The molecule has 1 saturated carbocycles. The largest absolute Gasteiger partial charge is 0.324 e. The molecule has 2 aromatic rings. The average molecular weight is 269 g/mol. The van der Waals surface area contributed by atoms with Crippen molar-refractivity contribution >= 4 is 22.5 Å². The Morgan fingerprint density at radius 1 is 1.25 bits per heavy atom. The van der Waals surface area contributed by atoms with Gasteiger partial charge < -0.3 is 10.6 Å². The Labute approximate surface area is 118 Å². The molecule has 1 amide bonds. The van der Waals surface area contributed by atoms with Crippen molar-refractivity contribution in [3.8, 4) is 0 Å². The number of nitrogens with one attached hydrogen (secondary N) is 2.